The summed E-state index contributed by atoms with van der Waals surface area (Å²) in [4.78, 5) is 0. The van der Waals surface area contributed by atoms with Crippen LogP contribution in [-0.4, -0.2) is 21.5 Å². The topological polar surface area (TPSA) is 64.1 Å². The van der Waals surface area contributed by atoms with Gasteiger partial charge in [-0.1, -0.05) is 6.92 Å². The van der Waals surface area contributed by atoms with Crippen LogP contribution >= 0.6 is 0 Å². The maximum Gasteiger partial charge on any atom is 0.122 e. The van der Waals surface area contributed by atoms with E-state index in [4.69, 9.17) is 10.8 Å². The normalized spacial score (nSPS) is 10.4. The second kappa shape index (κ2) is 3.39. The van der Waals surface area contributed by atoms with Gasteiger partial charge in [0, 0.05) is 6.07 Å². The molecule has 0 saturated heterocycles. The van der Waals surface area contributed by atoms with Crippen molar-refractivity contribution in [2.45, 2.75) is 19.9 Å². The molecule has 0 bridgehead atoms. The van der Waals surface area contributed by atoms with Crippen molar-refractivity contribution in [3.8, 4) is 0 Å². The Hall–Kier alpha value is -1.03. The van der Waals surface area contributed by atoms with Crippen molar-refractivity contribution >= 4 is 5.82 Å². The van der Waals surface area contributed by atoms with Crippen LogP contribution in [0.4, 0.5) is 5.82 Å². The number of aliphatic hydroxyl groups is 1. The molecule has 62 valence electrons. The fourth-order valence-electron chi connectivity index (χ4n) is 0.933. The van der Waals surface area contributed by atoms with E-state index < -0.39 is 0 Å². The first kappa shape index (κ1) is 8.07. The minimum atomic E-state index is 0.0784. The van der Waals surface area contributed by atoms with Gasteiger partial charge in [0.05, 0.1) is 18.8 Å². The Morgan fingerprint density at radius 1 is 1.73 bits per heavy atom. The van der Waals surface area contributed by atoms with Gasteiger partial charge in [-0.3, -0.25) is 0 Å². The Labute approximate surface area is 65.6 Å². The van der Waals surface area contributed by atoms with Crippen LogP contribution in [-0.2, 0) is 13.0 Å². The summed E-state index contributed by atoms with van der Waals surface area (Å²) in [6.07, 6.45) is 0.878. The third-order valence-corrected chi connectivity index (χ3v) is 1.54. The van der Waals surface area contributed by atoms with Crippen molar-refractivity contribution in [2.24, 2.45) is 0 Å². The number of nitrogens with two attached hydrogens (primary N) is 1. The van der Waals surface area contributed by atoms with Crippen LogP contribution < -0.4 is 5.73 Å². The second-order valence-electron chi connectivity index (χ2n) is 2.36. The van der Waals surface area contributed by atoms with Gasteiger partial charge in [0.1, 0.15) is 5.82 Å². The highest BCUT2D eigenvalue weighted by molar-refractivity contribution is 5.30. The van der Waals surface area contributed by atoms with Crippen LogP contribution in [0.2, 0.25) is 0 Å². The lowest BCUT2D eigenvalue weighted by atomic mass is 10.3. The molecule has 1 aromatic rings. The van der Waals surface area contributed by atoms with E-state index in [2.05, 4.69) is 5.10 Å². The zero-order valence-electron chi connectivity index (χ0n) is 6.62. The van der Waals surface area contributed by atoms with Crippen molar-refractivity contribution in [3.63, 3.8) is 0 Å². The molecule has 0 atom stereocenters. The van der Waals surface area contributed by atoms with Crippen LogP contribution in [0.5, 0.6) is 0 Å². The average Bonchev–Trinajstić information content (AvgIpc) is 2.33. The first-order valence-corrected chi connectivity index (χ1v) is 3.71. The maximum atomic E-state index is 8.61. The fraction of sp³-hybridized carbons (Fsp3) is 0.571. The van der Waals surface area contributed by atoms with Crippen molar-refractivity contribution in [1.82, 2.24) is 9.78 Å². The molecule has 1 heterocycles. The number of nitrogens with zero attached hydrogens (tertiary/aromatic N) is 2. The maximum absolute atomic E-state index is 8.61. The van der Waals surface area contributed by atoms with Gasteiger partial charge >= 0.3 is 0 Å². The number of nitrogen functional groups attached to an aromatic ring is 1. The molecule has 1 aromatic heterocycles. The lowest BCUT2D eigenvalue weighted by Gasteiger charge is -1.98. The van der Waals surface area contributed by atoms with Crippen LogP contribution in [0.1, 0.15) is 12.6 Å². The van der Waals surface area contributed by atoms with E-state index in [1.807, 2.05) is 13.0 Å². The van der Waals surface area contributed by atoms with E-state index in [0.29, 0.717) is 12.4 Å². The van der Waals surface area contributed by atoms with Crippen molar-refractivity contribution < 1.29 is 5.11 Å². The minimum absolute atomic E-state index is 0.0784. The summed E-state index contributed by atoms with van der Waals surface area (Å²) in [5.74, 6) is 0.621. The van der Waals surface area contributed by atoms with Gasteiger partial charge < -0.3 is 10.8 Å². The summed E-state index contributed by atoms with van der Waals surface area (Å²) in [6.45, 7) is 2.58. The predicted octanol–water partition coefficient (Wildman–Crippen LogP) is 0.0200. The Balaban J connectivity index is 2.79. The standard InChI is InChI=1S/C7H13N3O/c1-2-6-5-7(8)10(9-6)3-4-11/h5,11H,2-4,8H2,1H3. The lowest BCUT2D eigenvalue weighted by Crippen LogP contribution is -2.07. The molecule has 0 amide bonds. The van der Waals surface area contributed by atoms with Gasteiger partial charge in [-0.2, -0.15) is 5.10 Å². The number of aliphatic hydroxyl groups excluding tert-OH is 1. The summed E-state index contributed by atoms with van der Waals surface area (Å²) in [5.41, 5.74) is 6.56. The highest BCUT2D eigenvalue weighted by Gasteiger charge is 2.00. The van der Waals surface area contributed by atoms with Gasteiger partial charge in [-0.25, -0.2) is 4.68 Å². The molecule has 1 rings (SSSR count). The highest BCUT2D eigenvalue weighted by Crippen LogP contribution is 2.05. The number of aryl methyl sites for hydroxylation is 1. The SMILES string of the molecule is CCc1cc(N)n(CCO)n1. The molecule has 11 heavy (non-hydrogen) atoms. The molecule has 0 spiro atoms. The Bertz CT molecular complexity index is 232. The van der Waals surface area contributed by atoms with E-state index in [9.17, 15) is 0 Å². The molecule has 0 aromatic carbocycles. The molecule has 0 aliphatic heterocycles. The third-order valence-electron chi connectivity index (χ3n) is 1.54. The molecular weight excluding hydrogens is 142 g/mol. The van der Waals surface area contributed by atoms with E-state index in [0.717, 1.165) is 12.1 Å². The Kier molecular flexibility index (Phi) is 2.48. The summed E-state index contributed by atoms with van der Waals surface area (Å²) < 4.78 is 1.61. The van der Waals surface area contributed by atoms with Gasteiger partial charge in [0.25, 0.3) is 0 Å². The number of anilines is 1. The number of hydrogen-bond donors (Lipinski definition) is 2. The second-order valence-corrected chi connectivity index (χ2v) is 2.36. The van der Waals surface area contributed by atoms with E-state index in [1.54, 1.807) is 4.68 Å². The average molecular weight is 155 g/mol. The van der Waals surface area contributed by atoms with Crippen LogP contribution in [0.25, 0.3) is 0 Å². The summed E-state index contributed by atoms with van der Waals surface area (Å²) in [7, 11) is 0. The highest BCUT2D eigenvalue weighted by atomic mass is 16.3. The monoisotopic (exact) mass is 155 g/mol. The zero-order chi connectivity index (χ0) is 8.27. The van der Waals surface area contributed by atoms with Gasteiger partial charge in [0.15, 0.2) is 0 Å². The van der Waals surface area contributed by atoms with E-state index in [-0.39, 0.29) is 6.61 Å². The largest absolute Gasteiger partial charge is 0.394 e. The fourth-order valence-corrected chi connectivity index (χ4v) is 0.933. The molecule has 0 aliphatic carbocycles. The molecule has 4 nitrogen and oxygen atoms in total. The number of hydrogen-bond acceptors (Lipinski definition) is 3. The first-order valence-electron chi connectivity index (χ1n) is 3.71. The minimum Gasteiger partial charge on any atom is -0.394 e. The van der Waals surface area contributed by atoms with Crippen LogP contribution in [0, 0.1) is 0 Å². The molecule has 0 fully saturated rings. The quantitative estimate of drug-likeness (QED) is 0.646. The zero-order valence-corrected chi connectivity index (χ0v) is 6.62. The van der Waals surface area contributed by atoms with Gasteiger partial charge in [-0.05, 0) is 6.42 Å². The predicted molar refractivity (Wildman–Crippen MR) is 43.1 cm³/mol. The summed E-state index contributed by atoms with van der Waals surface area (Å²) >= 11 is 0. The van der Waals surface area contributed by atoms with Crippen LogP contribution in [0.15, 0.2) is 6.07 Å². The number of rotatable bonds is 3. The van der Waals surface area contributed by atoms with Crippen molar-refractivity contribution in [3.05, 3.63) is 11.8 Å². The summed E-state index contributed by atoms with van der Waals surface area (Å²) in [5, 5.41) is 12.8. The molecule has 0 radical (unpaired) electrons. The molecule has 0 unspecified atom stereocenters. The third kappa shape index (κ3) is 1.71. The van der Waals surface area contributed by atoms with E-state index in [1.165, 1.54) is 0 Å². The lowest BCUT2D eigenvalue weighted by molar-refractivity contribution is 0.270. The Morgan fingerprint density at radius 2 is 2.45 bits per heavy atom. The van der Waals surface area contributed by atoms with Gasteiger partial charge in [0.2, 0.25) is 0 Å². The molecular formula is C7H13N3O. The van der Waals surface area contributed by atoms with E-state index >= 15 is 0 Å². The molecule has 3 N–H and O–H groups in total. The molecule has 4 heteroatoms. The van der Waals surface area contributed by atoms with Crippen molar-refractivity contribution in [2.75, 3.05) is 12.3 Å². The van der Waals surface area contributed by atoms with Gasteiger partial charge in [-0.15, -0.1) is 0 Å². The smallest absolute Gasteiger partial charge is 0.122 e. The van der Waals surface area contributed by atoms with Crippen molar-refractivity contribution in [1.29, 1.82) is 0 Å². The Morgan fingerprint density at radius 3 is 2.91 bits per heavy atom. The molecule has 0 saturated carbocycles. The first-order chi connectivity index (χ1) is 5.27. The van der Waals surface area contributed by atoms with Crippen LogP contribution in [0.3, 0.4) is 0 Å². The summed E-state index contributed by atoms with van der Waals surface area (Å²) in [6, 6.07) is 1.83. The molecule has 0 aliphatic rings. The number of aromatic nitrogens is 2.